The van der Waals surface area contributed by atoms with E-state index in [0.29, 0.717) is 18.9 Å². The Labute approximate surface area is 181 Å². The van der Waals surface area contributed by atoms with Crippen LogP contribution in [0.25, 0.3) is 0 Å². The van der Waals surface area contributed by atoms with Gasteiger partial charge in [-0.05, 0) is 48.7 Å². The predicted octanol–water partition coefficient (Wildman–Crippen LogP) is 4.14. The van der Waals surface area contributed by atoms with Crippen molar-refractivity contribution in [1.29, 1.82) is 0 Å². The van der Waals surface area contributed by atoms with E-state index in [1.54, 1.807) is 0 Å². The fourth-order valence-electron chi connectivity index (χ4n) is 3.19. The van der Waals surface area contributed by atoms with Crippen molar-refractivity contribution < 1.29 is 27.2 Å². The molecule has 1 N–H and O–H groups in total. The number of nitrogens with zero attached hydrogens (tertiary/aromatic N) is 2. The lowest BCUT2D eigenvalue weighted by Gasteiger charge is -2.36. The summed E-state index contributed by atoms with van der Waals surface area (Å²) in [7, 11) is 2.94. The van der Waals surface area contributed by atoms with Crippen LogP contribution in [0, 0.1) is 11.7 Å². The summed E-state index contributed by atoms with van der Waals surface area (Å²) in [4.78, 5) is 30.9. The smallest absolute Gasteiger partial charge is 0.349 e. The third-order valence-electron chi connectivity index (χ3n) is 5.08. The van der Waals surface area contributed by atoms with Gasteiger partial charge in [-0.2, -0.15) is 13.2 Å². The molecular weight excluding hydrogens is 438 g/mol. The number of aromatic nitrogens is 1. The van der Waals surface area contributed by atoms with E-state index in [-0.39, 0.29) is 22.2 Å². The van der Waals surface area contributed by atoms with Gasteiger partial charge in [0, 0.05) is 26.2 Å². The van der Waals surface area contributed by atoms with Crippen LogP contribution in [0.4, 0.5) is 17.6 Å². The molecule has 0 radical (unpaired) electrons. The van der Waals surface area contributed by atoms with Gasteiger partial charge in [0.25, 0.3) is 0 Å². The van der Waals surface area contributed by atoms with Gasteiger partial charge < -0.3 is 10.2 Å². The zero-order chi connectivity index (χ0) is 23.0. The fraction of sp³-hybridized carbons (Fsp3) is 0.381. The Hall–Kier alpha value is -2.68. The highest BCUT2D eigenvalue weighted by Gasteiger charge is 2.44. The van der Waals surface area contributed by atoms with Crippen molar-refractivity contribution in [1.82, 2.24) is 15.2 Å². The lowest BCUT2D eigenvalue weighted by atomic mass is 9.81. The van der Waals surface area contributed by atoms with Gasteiger partial charge in [0.2, 0.25) is 11.8 Å². The maximum Gasteiger partial charge on any atom is 0.416 e. The number of hydrogen-bond donors (Lipinski definition) is 1. The number of rotatable bonds is 6. The molecule has 5 nitrogen and oxygen atoms in total. The van der Waals surface area contributed by atoms with Crippen LogP contribution in [0.5, 0.6) is 0 Å². The molecule has 166 valence electrons. The number of pyridine rings is 1. The molecule has 1 fully saturated rings. The molecule has 0 spiro atoms. The zero-order valence-electron chi connectivity index (χ0n) is 16.8. The summed E-state index contributed by atoms with van der Waals surface area (Å²) in [6.45, 7) is 0. The van der Waals surface area contributed by atoms with Crippen LogP contribution in [0.2, 0.25) is 5.02 Å². The highest BCUT2D eigenvalue weighted by atomic mass is 35.5. The summed E-state index contributed by atoms with van der Waals surface area (Å²) < 4.78 is 54.6. The number of amides is 2. The van der Waals surface area contributed by atoms with Crippen molar-refractivity contribution in [2.75, 3.05) is 14.1 Å². The Bertz CT molecular complexity index is 973. The van der Waals surface area contributed by atoms with Crippen LogP contribution in [0.1, 0.15) is 36.1 Å². The minimum absolute atomic E-state index is 0.0693. The summed E-state index contributed by atoms with van der Waals surface area (Å²) in [5.41, 5.74) is -3.23. The van der Waals surface area contributed by atoms with Crippen LogP contribution < -0.4 is 5.32 Å². The Balaban J connectivity index is 2.26. The van der Waals surface area contributed by atoms with Crippen LogP contribution >= 0.6 is 11.6 Å². The van der Waals surface area contributed by atoms with Crippen molar-refractivity contribution >= 4 is 23.4 Å². The quantitative estimate of drug-likeness (QED) is 0.663. The minimum atomic E-state index is -4.83. The molecule has 1 heterocycles. The lowest BCUT2D eigenvalue weighted by Crippen LogP contribution is -2.51. The van der Waals surface area contributed by atoms with Crippen molar-refractivity contribution in [2.45, 2.75) is 31.0 Å². The van der Waals surface area contributed by atoms with Crippen LogP contribution in [0.3, 0.4) is 0 Å². The number of carbonyl (C=O) groups is 2. The number of nitrogens with one attached hydrogen (secondary N) is 1. The molecule has 31 heavy (non-hydrogen) atoms. The van der Waals surface area contributed by atoms with E-state index in [1.165, 1.54) is 37.3 Å². The molecule has 0 unspecified atom stereocenters. The topological polar surface area (TPSA) is 62.3 Å². The zero-order valence-corrected chi connectivity index (χ0v) is 17.5. The van der Waals surface area contributed by atoms with Gasteiger partial charge >= 0.3 is 6.18 Å². The molecule has 1 atom stereocenters. The number of alkyl halides is 3. The van der Waals surface area contributed by atoms with Crippen LogP contribution in [0.15, 0.2) is 36.5 Å². The summed E-state index contributed by atoms with van der Waals surface area (Å²) in [6.07, 6.45) is -2.81. The normalized spacial score (nSPS) is 15.8. The first-order valence-corrected chi connectivity index (χ1v) is 9.82. The first kappa shape index (κ1) is 23.0. The summed E-state index contributed by atoms with van der Waals surface area (Å²) in [5.74, 6) is -2.41. The third kappa shape index (κ3) is 5.15. The first-order valence-electron chi connectivity index (χ1n) is 9.45. The van der Waals surface area contributed by atoms with Crippen LogP contribution in [-0.2, 0) is 21.3 Å². The Morgan fingerprint density at radius 1 is 1.16 bits per heavy atom. The molecule has 1 aliphatic rings. The standard InChI is InChI=1S/C21H20ClF4N3O2/c1-29(2)18(30)10-20(28-19(31)12-3-4-12,17-6-5-15(22)11-27-17)13-7-14(21(24,25)26)9-16(23)8-13/h5-9,11-12H,3-4,10H2,1-2H3,(H,28,31)/t20-/m0/s1. The second-order valence-electron chi connectivity index (χ2n) is 7.72. The maximum atomic E-state index is 14.3. The molecule has 1 aliphatic carbocycles. The van der Waals surface area contributed by atoms with E-state index in [2.05, 4.69) is 10.3 Å². The van der Waals surface area contributed by atoms with Gasteiger partial charge in [-0.3, -0.25) is 14.6 Å². The summed E-state index contributed by atoms with van der Waals surface area (Å²) >= 11 is 5.91. The Kier molecular flexibility index (Phi) is 6.27. The maximum absolute atomic E-state index is 14.3. The minimum Gasteiger partial charge on any atom is -0.349 e. The second kappa shape index (κ2) is 8.45. The average molecular weight is 458 g/mol. The predicted molar refractivity (Wildman–Crippen MR) is 106 cm³/mol. The molecule has 1 aromatic carbocycles. The second-order valence-corrected chi connectivity index (χ2v) is 8.16. The van der Waals surface area contributed by atoms with Crippen molar-refractivity contribution in [2.24, 2.45) is 5.92 Å². The SMILES string of the molecule is CN(C)C(=O)C[C@](NC(=O)C1CC1)(c1cc(F)cc(C(F)(F)F)c1)c1ccc(Cl)cn1. The molecule has 2 amide bonds. The van der Waals surface area contributed by atoms with Gasteiger partial charge in [-0.15, -0.1) is 0 Å². The van der Waals surface area contributed by atoms with E-state index in [0.717, 1.165) is 12.1 Å². The number of benzene rings is 1. The molecule has 0 saturated heterocycles. The van der Waals surface area contributed by atoms with E-state index in [9.17, 15) is 27.2 Å². The first-order chi connectivity index (χ1) is 14.4. The molecule has 2 aromatic rings. The molecule has 1 saturated carbocycles. The summed E-state index contributed by atoms with van der Waals surface area (Å²) in [5, 5.41) is 2.96. The van der Waals surface area contributed by atoms with Crippen LogP contribution in [-0.4, -0.2) is 35.8 Å². The molecule has 1 aromatic heterocycles. The fourth-order valence-corrected chi connectivity index (χ4v) is 3.30. The van der Waals surface area contributed by atoms with Gasteiger partial charge in [0.15, 0.2) is 0 Å². The Morgan fingerprint density at radius 2 is 1.81 bits per heavy atom. The largest absolute Gasteiger partial charge is 0.416 e. The molecule has 0 aliphatic heterocycles. The molecule has 3 rings (SSSR count). The van der Waals surface area contributed by atoms with E-state index in [4.69, 9.17) is 11.6 Å². The van der Waals surface area contributed by atoms with Crippen molar-refractivity contribution in [3.63, 3.8) is 0 Å². The molecule has 0 bridgehead atoms. The number of carbonyl (C=O) groups excluding carboxylic acids is 2. The highest BCUT2D eigenvalue weighted by Crippen LogP contribution is 2.39. The van der Waals surface area contributed by atoms with E-state index in [1.807, 2.05) is 0 Å². The lowest BCUT2D eigenvalue weighted by molar-refractivity contribution is -0.137. The van der Waals surface area contributed by atoms with Crippen molar-refractivity contribution in [3.8, 4) is 0 Å². The monoisotopic (exact) mass is 457 g/mol. The van der Waals surface area contributed by atoms with Gasteiger partial charge in [-0.1, -0.05) is 11.6 Å². The number of halogens is 5. The van der Waals surface area contributed by atoms with E-state index >= 15 is 0 Å². The Morgan fingerprint density at radius 3 is 2.32 bits per heavy atom. The highest BCUT2D eigenvalue weighted by molar-refractivity contribution is 6.30. The average Bonchev–Trinajstić information content (AvgIpc) is 3.52. The molecule has 10 heteroatoms. The third-order valence-corrected chi connectivity index (χ3v) is 5.31. The van der Waals surface area contributed by atoms with E-state index < -0.39 is 41.3 Å². The van der Waals surface area contributed by atoms with Gasteiger partial charge in [0.1, 0.15) is 11.4 Å². The van der Waals surface area contributed by atoms with Crippen molar-refractivity contribution in [3.05, 3.63) is 64.2 Å². The van der Waals surface area contributed by atoms with Gasteiger partial charge in [0.05, 0.1) is 22.7 Å². The summed E-state index contributed by atoms with van der Waals surface area (Å²) in [6, 6.07) is 4.81. The molecular formula is C21H20ClF4N3O2. The number of hydrogen-bond acceptors (Lipinski definition) is 3. The van der Waals surface area contributed by atoms with Gasteiger partial charge in [-0.25, -0.2) is 4.39 Å².